The Morgan fingerprint density at radius 3 is 2.63 bits per heavy atom. The molecule has 0 atom stereocenters. The molecule has 4 aromatic rings. The molecule has 0 spiro atoms. The van der Waals surface area contributed by atoms with E-state index in [1.165, 1.54) is 0 Å². The lowest BCUT2D eigenvalue weighted by Gasteiger charge is -2.08. The Morgan fingerprint density at radius 2 is 1.90 bits per heavy atom. The van der Waals surface area contributed by atoms with E-state index in [1.807, 2.05) is 66.9 Å². The number of nitrogens with zero attached hydrogens (tertiary/aromatic N) is 3. The van der Waals surface area contributed by atoms with Crippen molar-refractivity contribution < 1.29 is 14.1 Å². The van der Waals surface area contributed by atoms with E-state index in [2.05, 4.69) is 31.4 Å². The molecule has 1 amide bonds. The number of amides is 1. The number of carbonyl (C=O) groups is 1. The molecule has 152 valence electrons. The molecule has 0 saturated carbocycles. The molecule has 30 heavy (non-hydrogen) atoms. The Hall–Kier alpha value is -3.39. The quantitative estimate of drug-likeness (QED) is 0.439. The number of ether oxygens (including phenoxy) is 1. The van der Waals surface area contributed by atoms with Crippen LogP contribution in [-0.2, 0) is 17.9 Å². The van der Waals surface area contributed by atoms with Crippen LogP contribution in [0, 0.1) is 0 Å². The van der Waals surface area contributed by atoms with Crippen molar-refractivity contribution in [2.24, 2.45) is 0 Å². The topological polar surface area (TPSA) is 82.2 Å². The van der Waals surface area contributed by atoms with Crippen LogP contribution in [0.5, 0.6) is 5.75 Å². The lowest BCUT2D eigenvalue weighted by atomic mass is 10.2. The van der Waals surface area contributed by atoms with Crippen LogP contribution < -0.4 is 10.1 Å². The van der Waals surface area contributed by atoms with Gasteiger partial charge in [0.1, 0.15) is 18.0 Å². The van der Waals surface area contributed by atoms with Crippen LogP contribution in [0.25, 0.3) is 23.0 Å². The van der Waals surface area contributed by atoms with Gasteiger partial charge in [-0.3, -0.25) is 4.79 Å². The molecule has 0 unspecified atom stereocenters. The predicted molar refractivity (Wildman–Crippen MR) is 116 cm³/mol. The highest BCUT2D eigenvalue weighted by molar-refractivity contribution is 9.10. The minimum Gasteiger partial charge on any atom is -0.497 e. The minimum atomic E-state index is -0.115. The Labute approximate surface area is 181 Å². The van der Waals surface area contributed by atoms with E-state index in [1.54, 1.807) is 11.7 Å². The lowest BCUT2D eigenvalue weighted by molar-refractivity contribution is -0.121. The van der Waals surface area contributed by atoms with Crippen LogP contribution >= 0.6 is 15.9 Å². The SMILES string of the molecule is COc1ccc(CNC(=O)Cn2cccc2-c2nc(-c3ccc(Br)cc3)no2)cc1. The average molecular weight is 467 g/mol. The number of halogens is 1. The number of hydrogen-bond donors (Lipinski definition) is 1. The molecule has 1 N–H and O–H groups in total. The van der Waals surface area contributed by atoms with E-state index >= 15 is 0 Å². The highest BCUT2D eigenvalue weighted by atomic mass is 79.9. The summed E-state index contributed by atoms with van der Waals surface area (Å²) >= 11 is 3.41. The van der Waals surface area contributed by atoms with Gasteiger partial charge in [-0.15, -0.1) is 0 Å². The summed E-state index contributed by atoms with van der Waals surface area (Å²) in [7, 11) is 1.62. The maximum Gasteiger partial charge on any atom is 0.274 e. The van der Waals surface area contributed by atoms with Crippen molar-refractivity contribution in [1.82, 2.24) is 20.0 Å². The fourth-order valence-corrected chi connectivity index (χ4v) is 3.21. The number of nitrogens with one attached hydrogen (secondary N) is 1. The maximum absolute atomic E-state index is 12.4. The van der Waals surface area contributed by atoms with Gasteiger partial charge in [-0.2, -0.15) is 4.98 Å². The monoisotopic (exact) mass is 466 g/mol. The molecule has 0 bridgehead atoms. The van der Waals surface area contributed by atoms with Crippen molar-refractivity contribution in [3.8, 4) is 28.7 Å². The summed E-state index contributed by atoms with van der Waals surface area (Å²) in [6.07, 6.45) is 1.81. The van der Waals surface area contributed by atoms with E-state index in [0.717, 1.165) is 21.3 Å². The second-order valence-electron chi connectivity index (χ2n) is 6.58. The Bertz CT molecular complexity index is 1130. The van der Waals surface area contributed by atoms with Crippen molar-refractivity contribution in [1.29, 1.82) is 0 Å². The Morgan fingerprint density at radius 1 is 1.13 bits per heavy atom. The van der Waals surface area contributed by atoms with Gasteiger partial charge >= 0.3 is 0 Å². The molecule has 4 rings (SSSR count). The summed E-state index contributed by atoms with van der Waals surface area (Å²) < 4.78 is 13.3. The van der Waals surface area contributed by atoms with Gasteiger partial charge in [0.15, 0.2) is 0 Å². The summed E-state index contributed by atoms with van der Waals surface area (Å²) in [5, 5.41) is 6.97. The van der Waals surface area contributed by atoms with Gasteiger partial charge < -0.3 is 19.1 Å². The number of methoxy groups -OCH3 is 1. The molecule has 2 aromatic carbocycles. The van der Waals surface area contributed by atoms with Gasteiger partial charge in [0, 0.05) is 22.8 Å². The van der Waals surface area contributed by atoms with E-state index < -0.39 is 0 Å². The van der Waals surface area contributed by atoms with Gasteiger partial charge in [-0.25, -0.2) is 0 Å². The van der Waals surface area contributed by atoms with Crippen LogP contribution in [0.3, 0.4) is 0 Å². The van der Waals surface area contributed by atoms with Crippen LogP contribution in [0.4, 0.5) is 0 Å². The number of aromatic nitrogens is 3. The molecule has 0 fully saturated rings. The molecular weight excluding hydrogens is 448 g/mol. The molecule has 0 aliphatic rings. The van der Waals surface area contributed by atoms with E-state index in [-0.39, 0.29) is 12.5 Å². The first-order chi connectivity index (χ1) is 14.6. The van der Waals surface area contributed by atoms with Crippen molar-refractivity contribution >= 4 is 21.8 Å². The molecule has 0 saturated heterocycles. The van der Waals surface area contributed by atoms with Crippen molar-refractivity contribution in [3.05, 3.63) is 76.9 Å². The third-order valence-corrected chi connectivity index (χ3v) is 5.07. The van der Waals surface area contributed by atoms with Crippen LogP contribution in [0.15, 0.2) is 75.9 Å². The van der Waals surface area contributed by atoms with Gasteiger partial charge in [-0.05, 0) is 54.1 Å². The summed E-state index contributed by atoms with van der Waals surface area (Å²) in [5.74, 6) is 1.52. The Balaban J connectivity index is 1.41. The van der Waals surface area contributed by atoms with E-state index in [0.29, 0.717) is 24.0 Å². The van der Waals surface area contributed by atoms with Crippen LogP contribution in [0.1, 0.15) is 5.56 Å². The minimum absolute atomic E-state index is 0.115. The molecule has 2 aromatic heterocycles. The first-order valence-corrected chi connectivity index (χ1v) is 10.1. The standard InChI is InChI=1S/C22H19BrN4O3/c1-29-18-10-4-15(5-11-18)13-24-20(28)14-27-12-2-3-19(27)22-25-21(26-30-22)16-6-8-17(23)9-7-16/h2-12H,13-14H2,1H3,(H,24,28). The molecule has 8 heteroatoms. The van der Waals surface area contributed by atoms with E-state index in [9.17, 15) is 4.79 Å². The highest BCUT2D eigenvalue weighted by Gasteiger charge is 2.15. The lowest BCUT2D eigenvalue weighted by Crippen LogP contribution is -2.27. The van der Waals surface area contributed by atoms with Crippen molar-refractivity contribution in [3.63, 3.8) is 0 Å². The number of benzene rings is 2. The number of rotatable bonds is 7. The first kappa shape index (κ1) is 19.9. The third kappa shape index (κ3) is 4.60. The fourth-order valence-electron chi connectivity index (χ4n) is 2.94. The number of hydrogen-bond acceptors (Lipinski definition) is 5. The number of carbonyl (C=O) groups excluding carboxylic acids is 1. The molecule has 0 radical (unpaired) electrons. The predicted octanol–water partition coefficient (Wildman–Crippen LogP) is 4.29. The van der Waals surface area contributed by atoms with Crippen LogP contribution in [-0.4, -0.2) is 27.7 Å². The third-order valence-electron chi connectivity index (χ3n) is 4.54. The summed E-state index contributed by atoms with van der Waals surface area (Å²) in [5.41, 5.74) is 2.53. The molecular formula is C22H19BrN4O3. The summed E-state index contributed by atoms with van der Waals surface area (Å²) in [6, 6.07) is 18.9. The zero-order valence-corrected chi connectivity index (χ0v) is 17.8. The first-order valence-electron chi connectivity index (χ1n) is 9.27. The maximum atomic E-state index is 12.4. The highest BCUT2D eigenvalue weighted by Crippen LogP contribution is 2.24. The molecule has 7 nitrogen and oxygen atoms in total. The normalized spacial score (nSPS) is 10.7. The summed E-state index contributed by atoms with van der Waals surface area (Å²) in [4.78, 5) is 16.9. The van der Waals surface area contributed by atoms with Gasteiger partial charge in [0.2, 0.25) is 11.7 Å². The molecule has 0 aliphatic carbocycles. The fraction of sp³-hybridized carbons (Fsp3) is 0.136. The smallest absolute Gasteiger partial charge is 0.274 e. The Kier molecular flexibility index (Phi) is 5.94. The van der Waals surface area contributed by atoms with Gasteiger partial charge in [-0.1, -0.05) is 33.2 Å². The van der Waals surface area contributed by atoms with Gasteiger partial charge in [0.25, 0.3) is 5.89 Å². The summed E-state index contributed by atoms with van der Waals surface area (Å²) in [6.45, 7) is 0.586. The van der Waals surface area contributed by atoms with Crippen molar-refractivity contribution in [2.75, 3.05) is 7.11 Å². The largest absolute Gasteiger partial charge is 0.497 e. The van der Waals surface area contributed by atoms with E-state index in [4.69, 9.17) is 9.26 Å². The van der Waals surface area contributed by atoms with Gasteiger partial charge in [0.05, 0.1) is 7.11 Å². The van der Waals surface area contributed by atoms with Crippen LogP contribution in [0.2, 0.25) is 0 Å². The second-order valence-corrected chi connectivity index (χ2v) is 7.49. The second kappa shape index (κ2) is 8.96. The van der Waals surface area contributed by atoms with Crippen molar-refractivity contribution in [2.45, 2.75) is 13.1 Å². The average Bonchev–Trinajstić information content (AvgIpc) is 3.42. The zero-order valence-electron chi connectivity index (χ0n) is 16.2. The molecule has 0 aliphatic heterocycles. The molecule has 2 heterocycles. The zero-order chi connectivity index (χ0) is 20.9.